The molecule has 0 N–H and O–H groups in total. The molecule has 0 spiro atoms. The van der Waals surface area contributed by atoms with Crippen molar-refractivity contribution >= 4 is 22.1 Å². The lowest BCUT2D eigenvalue weighted by Crippen LogP contribution is -2.49. The van der Waals surface area contributed by atoms with E-state index in [1.165, 1.54) is 0 Å². The van der Waals surface area contributed by atoms with Crippen LogP contribution in [0.15, 0.2) is 21.3 Å². The molecule has 0 radical (unpaired) electrons. The Balaban J connectivity index is 1.68. The quantitative estimate of drug-likeness (QED) is 0.869. The van der Waals surface area contributed by atoms with Gasteiger partial charge in [0.05, 0.1) is 16.9 Å². The van der Waals surface area contributed by atoms with Crippen LogP contribution in [0.4, 0.5) is 0 Å². The molecule has 1 aliphatic heterocycles. The van der Waals surface area contributed by atoms with E-state index in [1.54, 1.807) is 11.3 Å². The van der Waals surface area contributed by atoms with Crippen LogP contribution in [0.2, 0.25) is 0 Å². The van der Waals surface area contributed by atoms with E-state index in [4.69, 9.17) is 4.52 Å². The highest BCUT2D eigenvalue weighted by molar-refractivity contribution is 7.86. The lowest BCUT2D eigenvalue weighted by molar-refractivity contribution is 0.238. The number of hydrogen-bond donors (Lipinski definition) is 0. The molecule has 1 saturated heterocycles. The van der Waals surface area contributed by atoms with Crippen molar-refractivity contribution in [2.45, 2.75) is 25.1 Å². The minimum atomic E-state index is -0.753. The second-order valence-corrected chi connectivity index (χ2v) is 8.53. The maximum atomic E-state index is 11.9. The van der Waals surface area contributed by atoms with Gasteiger partial charge in [-0.1, -0.05) is 5.16 Å². The Morgan fingerprint density at radius 2 is 2.40 bits per heavy atom. The van der Waals surface area contributed by atoms with E-state index in [2.05, 4.69) is 15.0 Å². The number of rotatable bonds is 3. The van der Waals surface area contributed by atoms with E-state index < -0.39 is 10.8 Å². The monoisotopic (exact) mass is 311 g/mol. The molecule has 2 aromatic rings. The lowest BCUT2D eigenvalue weighted by Gasteiger charge is -2.36. The van der Waals surface area contributed by atoms with E-state index in [-0.39, 0.29) is 4.75 Å². The molecule has 1 atom stereocenters. The van der Waals surface area contributed by atoms with Crippen LogP contribution in [0, 0.1) is 0 Å². The van der Waals surface area contributed by atoms with Crippen LogP contribution in [-0.4, -0.2) is 42.8 Å². The minimum Gasteiger partial charge on any atom is -0.334 e. The first-order chi connectivity index (χ1) is 9.54. The number of nitrogens with zero attached hydrogens (tertiary/aromatic N) is 3. The van der Waals surface area contributed by atoms with Crippen molar-refractivity contribution in [1.29, 1.82) is 0 Å². The predicted octanol–water partition coefficient (Wildman–Crippen LogP) is 2.14. The zero-order chi connectivity index (χ0) is 14.2. The third-order valence-corrected chi connectivity index (χ3v) is 6.01. The molecule has 0 unspecified atom stereocenters. The van der Waals surface area contributed by atoms with Crippen LogP contribution >= 0.6 is 11.3 Å². The van der Waals surface area contributed by atoms with E-state index in [1.807, 2.05) is 30.7 Å². The van der Waals surface area contributed by atoms with E-state index in [0.717, 1.165) is 18.7 Å². The zero-order valence-electron chi connectivity index (χ0n) is 11.5. The molecular formula is C13H17N3O2S2. The van der Waals surface area contributed by atoms with Crippen molar-refractivity contribution < 1.29 is 8.73 Å². The van der Waals surface area contributed by atoms with Crippen LogP contribution in [-0.2, 0) is 17.3 Å². The van der Waals surface area contributed by atoms with E-state index in [9.17, 15) is 4.21 Å². The number of hydrogen-bond acceptors (Lipinski definition) is 6. The first-order valence-corrected chi connectivity index (χ1v) is 8.77. The summed E-state index contributed by atoms with van der Waals surface area (Å²) in [4.78, 5) is 6.66. The Hall–Kier alpha value is -1.05. The molecule has 0 saturated carbocycles. The standard InChI is InChI=1S/C13H17N3O2S2/c1-13(2)9-16(4-6-20(13)17)7-11-14-12(18-15-11)10-3-5-19-8-10/h3,5,8H,4,6-7,9H2,1-2H3/t20-/m0/s1. The maximum Gasteiger partial charge on any atom is 0.258 e. The second-order valence-electron chi connectivity index (χ2n) is 5.55. The third kappa shape index (κ3) is 2.84. The van der Waals surface area contributed by atoms with Gasteiger partial charge in [0.15, 0.2) is 5.82 Å². The largest absolute Gasteiger partial charge is 0.334 e. The van der Waals surface area contributed by atoms with Crippen molar-refractivity contribution in [3.63, 3.8) is 0 Å². The highest BCUT2D eigenvalue weighted by Crippen LogP contribution is 2.23. The maximum absolute atomic E-state index is 11.9. The van der Waals surface area contributed by atoms with Gasteiger partial charge in [0.2, 0.25) is 0 Å². The summed E-state index contributed by atoms with van der Waals surface area (Å²) in [5.74, 6) is 1.97. The van der Waals surface area contributed by atoms with Gasteiger partial charge in [-0.05, 0) is 25.3 Å². The normalized spacial score (nSPS) is 23.0. The fourth-order valence-electron chi connectivity index (χ4n) is 2.33. The second kappa shape index (κ2) is 5.38. The van der Waals surface area contributed by atoms with Gasteiger partial charge < -0.3 is 4.52 Å². The fraction of sp³-hybridized carbons (Fsp3) is 0.538. The summed E-state index contributed by atoms with van der Waals surface area (Å²) in [6.45, 7) is 6.35. The topological polar surface area (TPSA) is 59.2 Å². The van der Waals surface area contributed by atoms with Crippen molar-refractivity contribution in [2.75, 3.05) is 18.8 Å². The third-order valence-electron chi connectivity index (χ3n) is 3.41. The van der Waals surface area contributed by atoms with Crippen LogP contribution in [0.25, 0.3) is 11.5 Å². The summed E-state index contributed by atoms with van der Waals surface area (Å²) < 4.78 is 17.0. The Labute approximate surface area is 124 Å². The van der Waals surface area contributed by atoms with Crippen molar-refractivity contribution in [2.24, 2.45) is 0 Å². The highest BCUT2D eigenvalue weighted by Gasteiger charge is 2.33. The Kier molecular flexibility index (Phi) is 3.74. The molecule has 7 heteroatoms. The molecule has 3 heterocycles. The minimum absolute atomic E-state index is 0.168. The average Bonchev–Trinajstić information content (AvgIpc) is 3.03. The Morgan fingerprint density at radius 1 is 1.55 bits per heavy atom. The molecular weight excluding hydrogens is 294 g/mol. The molecule has 0 aliphatic carbocycles. The van der Waals surface area contributed by atoms with Gasteiger partial charge in [-0.15, -0.1) is 0 Å². The number of thiophene rings is 1. The van der Waals surface area contributed by atoms with Gasteiger partial charge in [-0.25, -0.2) is 0 Å². The molecule has 108 valence electrons. The van der Waals surface area contributed by atoms with E-state index >= 15 is 0 Å². The summed E-state index contributed by atoms with van der Waals surface area (Å²) in [5.41, 5.74) is 0.967. The highest BCUT2D eigenvalue weighted by atomic mass is 32.2. The molecule has 0 bridgehead atoms. The molecule has 2 aromatic heterocycles. The van der Waals surface area contributed by atoms with Gasteiger partial charge in [-0.3, -0.25) is 9.11 Å². The van der Waals surface area contributed by atoms with Gasteiger partial charge in [0.1, 0.15) is 0 Å². The van der Waals surface area contributed by atoms with E-state index in [0.29, 0.717) is 24.0 Å². The Bertz CT molecular complexity index is 607. The van der Waals surface area contributed by atoms with Crippen LogP contribution in [0.3, 0.4) is 0 Å². The summed E-state index contributed by atoms with van der Waals surface area (Å²) in [7, 11) is -0.753. The zero-order valence-corrected chi connectivity index (χ0v) is 13.2. The lowest BCUT2D eigenvalue weighted by atomic mass is 10.2. The smallest absolute Gasteiger partial charge is 0.258 e. The van der Waals surface area contributed by atoms with Crippen LogP contribution < -0.4 is 0 Å². The van der Waals surface area contributed by atoms with Crippen molar-refractivity contribution in [3.05, 3.63) is 22.7 Å². The molecule has 0 amide bonds. The SMILES string of the molecule is CC1(C)CN(Cc2noc(-c3ccsc3)n2)CC[S@@]1=O. The van der Waals surface area contributed by atoms with Gasteiger partial charge in [-0.2, -0.15) is 16.3 Å². The molecule has 0 aromatic carbocycles. The summed E-state index contributed by atoms with van der Waals surface area (Å²) >= 11 is 1.61. The average molecular weight is 311 g/mol. The van der Waals surface area contributed by atoms with Crippen molar-refractivity contribution in [1.82, 2.24) is 15.0 Å². The molecule has 5 nitrogen and oxygen atoms in total. The van der Waals surface area contributed by atoms with Gasteiger partial charge >= 0.3 is 0 Å². The predicted molar refractivity (Wildman–Crippen MR) is 80.0 cm³/mol. The first kappa shape index (κ1) is 13.9. The van der Waals surface area contributed by atoms with Gasteiger partial charge in [0.25, 0.3) is 5.89 Å². The first-order valence-electron chi connectivity index (χ1n) is 6.50. The van der Waals surface area contributed by atoms with Crippen LogP contribution in [0.5, 0.6) is 0 Å². The van der Waals surface area contributed by atoms with Crippen molar-refractivity contribution in [3.8, 4) is 11.5 Å². The van der Waals surface area contributed by atoms with Gasteiger partial charge in [0, 0.05) is 35.0 Å². The van der Waals surface area contributed by atoms with Crippen LogP contribution in [0.1, 0.15) is 19.7 Å². The molecule has 20 heavy (non-hydrogen) atoms. The molecule has 1 aliphatic rings. The summed E-state index contributed by atoms with van der Waals surface area (Å²) in [6, 6.07) is 1.97. The summed E-state index contributed by atoms with van der Waals surface area (Å²) in [6.07, 6.45) is 0. The molecule has 3 rings (SSSR count). The number of aromatic nitrogens is 2. The fourth-order valence-corrected chi connectivity index (χ4v) is 4.27. The Morgan fingerprint density at radius 3 is 3.10 bits per heavy atom. The summed E-state index contributed by atoms with van der Waals surface area (Å²) in [5, 5.41) is 8.01. The molecule has 1 fully saturated rings.